The zero-order valence-electron chi connectivity index (χ0n) is 37.8. The van der Waals surface area contributed by atoms with Crippen molar-refractivity contribution < 1.29 is 37.4 Å². The number of amides is 2. The Hall–Kier alpha value is -8.06. The van der Waals surface area contributed by atoms with E-state index in [-0.39, 0.29) is 33.7 Å². The number of aromatic hydroxyl groups is 2. The molecule has 0 radical (unpaired) electrons. The Balaban J connectivity index is 0.000000267. The monoisotopic (exact) mass is 953 g/mol. The van der Waals surface area contributed by atoms with E-state index in [1.165, 1.54) is 43.0 Å². The van der Waals surface area contributed by atoms with Crippen LogP contribution in [0.3, 0.4) is 0 Å². The summed E-state index contributed by atoms with van der Waals surface area (Å²) in [6.07, 6.45) is 6.56. The molecule has 6 aromatic rings. The molecule has 0 atom stereocenters. The largest absolute Gasteiger partial charge is 0.506 e. The van der Waals surface area contributed by atoms with Crippen LogP contribution in [0.25, 0.3) is 0 Å². The second-order valence-electron chi connectivity index (χ2n) is 14.4. The Morgan fingerprint density at radius 2 is 1.29 bits per heavy atom. The minimum atomic E-state index is -1.13. The summed E-state index contributed by atoms with van der Waals surface area (Å²) in [7, 11) is 4.12. The van der Waals surface area contributed by atoms with Crippen LogP contribution >= 0.6 is 12.2 Å². The second kappa shape index (κ2) is 28.8. The highest BCUT2D eigenvalue weighted by Crippen LogP contribution is 2.17. The first-order valence-corrected chi connectivity index (χ1v) is 20.9. The van der Waals surface area contributed by atoms with Crippen LogP contribution in [0.2, 0.25) is 0 Å². The van der Waals surface area contributed by atoms with Gasteiger partial charge in [-0.1, -0.05) is 24.3 Å². The van der Waals surface area contributed by atoms with Crippen LogP contribution in [0, 0.1) is 37.1 Å². The summed E-state index contributed by atoms with van der Waals surface area (Å²) in [5, 5.41) is 28.9. The number of nitrogens with two attached hydrogens (primary N) is 1. The lowest BCUT2D eigenvalue weighted by molar-refractivity contribution is 0.0968. The molecule has 8 N–H and O–H groups in total. The zero-order chi connectivity index (χ0) is 50.0. The van der Waals surface area contributed by atoms with Crippen molar-refractivity contribution in [2.45, 2.75) is 27.2 Å². The lowest BCUT2D eigenvalue weighted by atomic mass is 10.2. The van der Waals surface area contributed by atoms with Gasteiger partial charge in [0, 0.05) is 35.5 Å². The van der Waals surface area contributed by atoms with Crippen LogP contribution in [-0.2, 0) is 0 Å². The van der Waals surface area contributed by atoms with E-state index in [1.807, 2.05) is 45.0 Å². The number of nitrogens with zero attached hydrogens (tertiary/aromatic N) is 6. The Morgan fingerprint density at radius 1 is 0.706 bits per heavy atom. The third-order valence-electron chi connectivity index (χ3n) is 8.25. The lowest BCUT2D eigenvalue weighted by Gasteiger charge is -2.12. The van der Waals surface area contributed by atoms with Gasteiger partial charge in [-0.05, 0) is 132 Å². The fourth-order valence-electron chi connectivity index (χ4n) is 5.14. The highest BCUT2D eigenvalue weighted by Gasteiger charge is 2.14. The number of hydrogen-bond acceptors (Lipinski definition) is 12. The van der Waals surface area contributed by atoms with E-state index >= 15 is 0 Å². The highest BCUT2D eigenvalue weighted by molar-refractivity contribution is 7.80. The zero-order valence-corrected chi connectivity index (χ0v) is 38.6. The molecule has 4 aromatic carbocycles. The van der Waals surface area contributed by atoms with E-state index in [0.29, 0.717) is 17.1 Å². The van der Waals surface area contributed by atoms with Crippen molar-refractivity contribution in [2.75, 3.05) is 50.1 Å². The molecule has 2 aromatic heterocycles. The first-order valence-electron chi connectivity index (χ1n) is 20.5. The van der Waals surface area contributed by atoms with Crippen molar-refractivity contribution in [3.05, 3.63) is 167 Å². The first-order chi connectivity index (χ1) is 32.4. The number of guanidine groups is 1. The number of nitrogen functional groups attached to an aromatic ring is 1. The smallest absolute Gasteiger partial charge is 0.258 e. The fourth-order valence-corrected chi connectivity index (χ4v) is 5.35. The minimum absolute atomic E-state index is 0.0118. The lowest BCUT2D eigenvalue weighted by Crippen LogP contribution is -2.36. The third kappa shape index (κ3) is 21.3. The number of benzene rings is 4. The summed E-state index contributed by atoms with van der Waals surface area (Å²) >= 11 is 5.00. The Kier molecular flexibility index (Phi) is 23.0. The normalized spacial score (nSPS) is 10.3. The molecule has 0 saturated carbocycles. The maximum atomic E-state index is 13.4. The van der Waals surface area contributed by atoms with Crippen molar-refractivity contribution in [3.63, 3.8) is 0 Å². The third-order valence-corrected chi connectivity index (χ3v) is 8.45. The number of rotatable bonds is 10. The van der Waals surface area contributed by atoms with E-state index in [4.69, 9.17) is 23.1 Å². The molecular formula is C48H51F4N11O4S. The van der Waals surface area contributed by atoms with Crippen molar-refractivity contribution in [1.82, 2.24) is 25.5 Å². The van der Waals surface area contributed by atoms with Gasteiger partial charge in [-0.3, -0.25) is 30.2 Å². The maximum absolute atomic E-state index is 13.4. The number of aryl methyl sites for hydroxylation is 2. The van der Waals surface area contributed by atoms with E-state index in [9.17, 15) is 32.3 Å². The van der Waals surface area contributed by atoms with Crippen LogP contribution in [0.5, 0.6) is 11.5 Å². The number of halogens is 4. The van der Waals surface area contributed by atoms with Crippen molar-refractivity contribution in [2.24, 2.45) is 15.0 Å². The average molecular weight is 954 g/mol. The molecule has 2 amide bonds. The molecule has 6 rings (SSSR count). The molecule has 15 nitrogen and oxygen atoms in total. The molecule has 0 unspecified atom stereocenters. The Labute approximate surface area is 396 Å². The molecule has 0 fully saturated rings. The Morgan fingerprint density at radius 3 is 1.82 bits per heavy atom. The van der Waals surface area contributed by atoms with E-state index in [2.05, 4.69) is 71.2 Å². The van der Waals surface area contributed by atoms with E-state index in [1.54, 1.807) is 24.3 Å². The van der Waals surface area contributed by atoms with Gasteiger partial charge in [0.1, 0.15) is 11.5 Å². The van der Waals surface area contributed by atoms with Crippen LogP contribution in [-0.4, -0.2) is 87.7 Å². The molecule has 2 heterocycles. The molecule has 0 aliphatic heterocycles. The summed E-state index contributed by atoms with van der Waals surface area (Å²) in [6.45, 7) is 8.48. The highest BCUT2D eigenvalue weighted by atomic mass is 32.1. The van der Waals surface area contributed by atoms with E-state index in [0.717, 1.165) is 73.2 Å². The number of carbonyl (C=O) groups excluding carboxylic acids is 2. The topological polar surface area (TPSA) is 215 Å². The molecular weight excluding hydrogens is 903 g/mol. The average Bonchev–Trinajstić information content (AvgIpc) is 3.27. The van der Waals surface area contributed by atoms with Gasteiger partial charge in [0.25, 0.3) is 11.8 Å². The van der Waals surface area contributed by atoms with Gasteiger partial charge >= 0.3 is 0 Å². The van der Waals surface area contributed by atoms with Crippen LogP contribution in [0.15, 0.2) is 137 Å². The number of aliphatic imine (C=N–C) groups is 3. The minimum Gasteiger partial charge on any atom is -0.506 e. The number of nitrogens with one attached hydrogen (secondary N) is 4. The summed E-state index contributed by atoms with van der Waals surface area (Å²) in [4.78, 5) is 46.1. The number of anilines is 3. The number of hydrogen-bond donors (Lipinski definition) is 7. The molecule has 0 saturated heterocycles. The summed E-state index contributed by atoms with van der Waals surface area (Å²) in [5.41, 5.74) is 9.28. The molecule has 20 heteroatoms. The van der Waals surface area contributed by atoms with Crippen molar-refractivity contribution in [3.8, 4) is 11.5 Å². The summed E-state index contributed by atoms with van der Waals surface area (Å²) in [6, 6.07) is 25.8. The first kappa shape index (κ1) is 54.3. The molecule has 68 heavy (non-hydrogen) atoms. The molecule has 0 spiro atoms. The van der Waals surface area contributed by atoms with Crippen LogP contribution < -0.4 is 27.0 Å². The van der Waals surface area contributed by atoms with Crippen LogP contribution in [0.1, 0.15) is 45.2 Å². The maximum Gasteiger partial charge on any atom is 0.258 e. The number of carbonyl (C=O) groups is 2. The quantitative estimate of drug-likeness (QED) is 0.0227. The van der Waals surface area contributed by atoms with E-state index < -0.39 is 35.1 Å². The van der Waals surface area contributed by atoms with Gasteiger partial charge in [-0.15, -0.1) is 0 Å². The molecule has 356 valence electrons. The molecule has 0 bridgehead atoms. The number of pyridine rings is 2. The molecule has 0 aliphatic carbocycles. The SMILES string of the molecule is CCN=C=NCCCN(C)C.Cc1cccc(N=C(NC(=O)c2ccc(F)c(F)c2)Nc2cncc(O)c2)c1.Cc1cccc(NC(=S)NC(=O)c2ccc(F)c(F)c2)c1.Nc1cncc(O)c1. The summed E-state index contributed by atoms with van der Waals surface area (Å²) in [5.74, 6) is -5.52. The molecule has 0 aliphatic rings. The van der Waals surface area contributed by atoms with Gasteiger partial charge in [0.05, 0.1) is 54.4 Å². The van der Waals surface area contributed by atoms with Crippen LogP contribution in [0.4, 0.5) is 40.3 Å². The number of thiocarbonyl (C=S) groups is 1. The second-order valence-corrected chi connectivity index (χ2v) is 14.8. The summed E-state index contributed by atoms with van der Waals surface area (Å²) < 4.78 is 52.4. The van der Waals surface area contributed by atoms with Crippen molar-refractivity contribution in [1.29, 1.82) is 0 Å². The predicted molar refractivity (Wildman–Crippen MR) is 262 cm³/mol. The fraction of sp³-hybridized carbons (Fsp3) is 0.188. The van der Waals surface area contributed by atoms with Gasteiger partial charge in [-0.25, -0.2) is 32.5 Å². The Bertz CT molecular complexity index is 2700. The van der Waals surface area contributed by atoms with Crippen molar-refractivity contribution >= 4 is 63.9 Å². The van der Waals surface area contributed by atoms with Gasteiger partial charge in [-0.2, -0.15) is 0 Å². The number of aromatic nitrogens is 2. The van der Waals surface area contributed by atoms with Gasteiger partial charge < -0.3 is 31.5 Å². The predicted octanol–water partition coefficient (Wildman–Crippen LogP) is 8.80. The standard InChI is InChI=1S/C20H16F2N4O2.C15H12F2N2OS.C8H17N3.C5H6N2O/c1-12-3-2-4-14(7-12)24-20(25-15-9-16(27)11-23-10-15)26-19(28)13-5-6-17(21)18(22)8-13;1-9-3-2-4-11(7-9)18-15(21)19-14(20)10-5-6-12(16)13(17)8-10;1-4-9-8-10-6-5-7-11(2)3;6-4-1-5(8)3-7-2-4/h2-11,27H,1H3,(H2,24,25,26,28);2-8H,1H3,(H2,18,19,20,21);4-7H2,1-3H3;1-3,8H,6H2. The van der Waals surface area contributed by atoms with Gasteiger partial charge in [0.15, 0.2) is 28.4 Å². The van der Waals surface area contributed by atoms with Gasteiger partial charge in [0.2, 0.25) is 5.96 Å².